The van der Waals surface area contributed by atoms with Gasteiger partial charge < -0.3 is 14.5 Å². The molecule has 5 nitrogen and oxygen atoms in total. The van der Waals surface area contributed by atoms with E-state index >= 15 is 0 Å². The summed E-state index contributed by atoms with van der Waals surface area (Å²) in [6.45, 7) is 11.7. The van der Waals surface area contributed by atoms with Crippen molar-refractivity contribution in [2.24, 2.45) is 5.92 Å². The average Bonchev–Trinajstić information content (AvgIpc) is 3.17. The third-order valence-electron chi connectivity index (χ3n) is 12.0. The molecule has 0 aromatic heterocycles. The van der Waals surface area contributed by atoms with Crippen molar-refractivity contribution in [2.75, 3.05) is 33.8 Å². The van der Waals surface area contributed by atoms with Crippen molar-refractivity contribution < 1.29 is 14.3 Å². The molecule has 0 aliphatic heterocycles. The summed E-state index contributed by atoms with van der Waals surface area (Å²) in [4.78, 5) is 31.1. The Labute approximate surface area is 346 Å². The van der Waals surface area contributed by atoms with Crippen LogP contribution in [0, 0.1) is 5.92 Å². The number of hydrogen-bond acceptors (Lipinski definition) is 4. The van der Waals surface area contributed by atoms with E-state index in [0.717, 1.165) is 77.3 Å². The first-order valence-electron chi connectivity index (χ1n) is 25.0. The number of nitrogens with zero attached hydrogens (tertiary/aromatic N) is 2. The molecule has 0 fully saturated rings. The lowest BCUT2D eigenvalue weighted by molar-refractivity contribution is -0.144. The molecular formula is C50H100N2O3. The average molecular weight is 777 g/mol. The van der Waals surface area contributed by atoms with Gasteiger partial charge in [0.25, 0.3) is 0 Å². The molecule has 0 heterocycles. The standard InChI is InChI=1S/C50H100N2O3/c1-7-11-15-19-21-23-25-31-39-48(52(49(53)41-34-36-44-51(5)6)45-35-28-24-22-20-16-12-8-2)40-32-26-27-33-42-50(54)55-46-43-47(37-29-17-13-9-3)38-30-18-14-10-4/h47-48H,7-46H2,1-6H3. The van der Waals surface area contributed by atoms with Crippen LogP contribution in [0.5, 0.6) is 0 Å². The molecule has 5 heteroatoms. The van der Waals surface area contributed by atoms with Gasteiger partial charge in [0.05, 0.1) is 6.61 Å². The molecule has 0 aliphatic rings. The van der Waals surface area contributed by atoms with Gasteiger partial charge in [-0.15, -0.1) is 0 Å². The normalized spacial score (nSPS) is 12.2. The maximum atomic E-state index is 13.9. The van der Waals surface area contributed by atoms with E-state index in [1.54, 1.807) is 0 Å². The first-order valence-corrected chi connectivity index (χ1v) is 25.0. The fourth-order valence-electron chi connectivity index (χ4n) is 8.31. The Morgan fingerprint density at radius 2 is 0.800 bits per heavy atom. The SMILES string of the molecule is CCCCCCCCCCC(CCCCCCC(=O)OCCC(CCCCCC)CCCCCC)N(CCCCCCCCCC)C(=O)CCCCN(C)C. The van der Waals surface area contributed by atoms with Crippen molar-refractivity contribution in [1.82, 2.24) is 9.80 Å². The summed E-state index contributed by atoms with van der Waals surface area (Å²) < 4.78 is 5.77. The Balaban J connectivity index is 5.01. The Kier molecular flexibility index (Phi) is 41.7. The molecule has 0 rings (SSSR count). The molecule has 0 aromatic carbocycles. The lowest BCUT2D eigenvalue weighted by atomic mass is 9.92. The van der Waals surface area contributed by atoms with Gasteiger partial charge in [-0.3, -0.25) is 9.59 Å². The van der Waals surface area contributed by atoms with E-state index in [0.29, 0.717) is 37.3 Å². The fourth-order valence-corrected chi connectivity index (χ4v) is 8.31. The zero-order valence-electron chi connectivity index (χ0n) is 38.6. The van der Waals surface area contributed by atoms with E-state index in [9.17, 15) is 9.59 Å². The summed E-state index contributed by atoms with van der Waals surface area (Å²) >= 11 is 0. The zero-order valence-corrected chi connectivity index (χ0v) is 38.6. The van der Waals surface area contributed by atoms with Gasteiger partial charge in [-0.25, -0.2) is 0 Å². The molecule has 1 atom stereocenters. The topological polar surface area (TPSA) is 49.9 Å². The van der Waals surface area contributed by atoms with Crippen LogP contribution in [0.4, 0.5) is 0 Å². The van der Waals surface area contributed by atoms with Gasteiger partial charge in [-0.1, -0.05) is 207 Å². The third-order valence-corrected chi connectivity index (χ3v) is 12.0. The van der Waals surface area contributed by atoms with E-state index in [1.165, 1.54) is 161 Å². The van der Waals surface area contributed by atoms with Crippen LogP contribution in [0.25, 0.3) is 0 Å². The summed E-state index contributed by atoms with van der Waals surface area (Å²) in [5.74, 6) is 1.11. The van der Waals surface area contributed by atoms with Gasteiger partial charge in [-0.05, 0) is 71.5 Å². The van der Waals surface area contributed by atoms with Crippen molar-refractivity contribution in [3.8, 4) is 0 Å². The molecule has 0 saturated heterocycles. The number of esters is 1. The van der Waals surface area contributed by atoms with Gasteiger partial charge in [0.2, 0.25) is 5.91 Å². The van der Waals surface area contributed by atoms with Crippen LogP contribution in [0.15, 0.2) is 0 Å². The van der Waals surface area contributed by atoms with Crippen molar-refractivity contribution in [3.05, 3.63) is 0 Å². The molecule has 0 saturated carbocycles. The van der Waals surface area contributed by atoms with Crippen molar-refractivity contribution in [3.63, 3.8) is 0 Å². The Hall–Kier alpha value is -1.10. The van der Waals surface area contributed by atoms with Crippen LogP contribution >= 0.6 is 0 Å². The predicted molar refractivity (Wildman–Crippen MR) is 242 cm³/mol. The van der Waals surface area contributed by atoms with Crippen LogP contribution in [0.2, 0.25) is 0 Å². The Bertz CT molecular complexity index is 790. The summed E-state index contributed by atoms with van der Waals surface area (Å²) in [6, 6.07) is 0.368. The van der Waals surface area contributed by atoms with E-state index in [1.807, 2.05) is 0 Å². The number of carbonyl (C=O) groups is 2. The highest BCUT2D eigenvalue weighted by Crippen LogP contribution is 2.24. The van der Waals surface area contributed by atoms with Crippen LogP contribution in [-0.2, 0) is 14.3 Å². The van der Waals surface area contributed by atoms with Crippen LogP contribution in [0.3, 0.4) is 0 Å². The molecular weight excluding hydrogens is 677 g/mol. The largest absolute Gasteiger partial charge is 0.466 e. The van der Waals surface area contributed by atoms with Gasteiger partial charge in [0.15, 0.2) is 0 Å². The van der Waals surface area contributed by atoms with Crippen molar-refractivity contribution in [2.45, 2.75) is 271 Å². The van der Waals surface area contributed by atoms with Gasteiger partial charge in [-0.2, -0.15) is 0 Å². The minimum absolute atomic E-state index is 0.000288. The molecule has 328 valence electrons. The lowest BCUT2D eigenvalue weighted by Crippen LogP contribution is -2.41. The summed E-state index contributed by atoms with van der Waals surface area (Å²) in [5, 5.41) is 0. The third kappa shape index (κ3) is 37.0. The Morgan fingerprint density at radius 1 is 0.418 bits per heavy atom. The van der Waals surface area contributed by atoms with Crippen LogP contribution < -0.4 is 0 Å². The van der Waals surface area contributed by atoms with Gasteiger partial charge in [0.1, 0.15) is 0 Å². The van der Waals surface area contributed by atoms with E-state index in [-0.39, 0.29) is 5.97 Å². The zero-order chi connectivity index (χ0) is 40.5. The molecule has 1 unspecified atom stereocenters. The number of ether oxygens (including phenoxy) is 1. The number of unbranched alkanes of at least 4 members (excludes halogenated alkanes) is 24. The highest BCUT2D eigenvalue weighted by atomic mass is 16.5. The first kappa shape index (κ1) is 53.9. The van der Waals surface area contributed by atoms with E-state index in [2.05, 4.69) is 51.6 Å². The highest BCUT2D eigenvalue weighted by molar-refractivity contribution is 5.76. The molecule has 0 radical (unpaired) electrons. The second-order valence-corrected chi connectivity index (χ2v) is 17.8. The molecule has 0 spiro atoms. The molecule has 0 aromatic rings. The smallest absolute Gasteiger partial charge is 0.305 e. The summed E-state index contributed by atoms with van der Waals surface area (Å²) in [5.41, 5.74) is 0. The maximum Gasteiger partial charge on any atom is 0.305 e. The van der Waals surface area contributed by atoms with Crippen molar-refractivity contribution in [1.29, 1.82) is 0 Å². The first-order chi connectivity index (χ1) is 26.9. The predicted octanol–water partition coefficient (Wildman–Crippen LogP) is 15.4. The fraction of sp³-hybridized carbons (Fsp3) is 0.960. The summed E-state index contributed by atoms with van der Waals surface area (Å²) in [6.07, 6.45) is 45.2. The number of amides is 1. The molecule has 0 aliphatic carbocycles. The quantitative estimate of drug-likeness (QED) is 0.0457. The lowest BCUT2D eigenvalue weighted by Gasteiger charge is -2.33. The Morgan fingerprint density at radius 3 is 1.29 bits per heavy atom. The van der Waals surface area contributed by atoms with Crippen LogP contribution in [0.1, 0.15) is 265 Å². The minimum Gasteiger partial charge on any atom is -0.466 e. The van der Waals surface area contributed by atoms with Gasteiger partial charge >= 0.3 is 5.97 Å². The van der Waals surface area contributed by atoms with Crippen LogP contribution in [-0.4, -0.2) is 61.5 Å². The molecule has 0 N–H and O–H groups in total. The minimum atomic E-state index is -0.000288. The number of hydrogen-bond donors (Lipinski definition) is 0. The van der Waals surface area contributed by atoms with E-state index in [4.69, 9.17) is 4.74 Å². The highest BCUT2D eigenvalue weighted by Gasteiger charge is 2.23. The second-order valence-electron chi connectivity index (χ2n) is 17.8. The second kappa shape index (κ2) is 42.5. The maximum absolute atomic E-state index is 13.9. The van der Waals surface area contributed by atoms with Crippen molar-refractivity contribution >= 4 is 11.9 Å². The molecule has 1 amide bonds. The number of rotatable bonds is 44. The summed E-state index contributed by atoms with van der Waals surface area (Å²) in [7, 11) is 4.25. The molecule has 0 bridgehead atoms. The molecule has 55 heavy (non-hydrogen) atoms. The van der Waals surface area contributed by atoms with Gasteiger partial charge in [0, 0.05) is 25.4 Å². The monoisotopic (exact) mass is 777 g/mol. The number of carbonyl (C=O) groups excluding carboxylic acids is 2. The van der Waals surface area contributed by atoms with E-state index < -0.39 is 0 Å².